The first-order chi connectivity index (χ1) is 9.02. The number of hydrogen-bond acceptors (Lipinski definition) is 4. The lowest BCUT2D eigenvalue weighted by Crippen LogP contribution is -1.99. The molecule has 0 saturated heterocycles. The highest BCUT2D eigenvalue weighted by Gasteiger charge is 2.15. The molecular formula is C12H13ClFN3OS. The van der Waals surface area contributed by atoms with Crippen molar-refractivity contribution >= 4 is 23.4 Å². The zero-order valence-corrected chi connectivity index (χ0v) is 12.0. The van der Waals surface area contributed by atoms with Crippen molar-refractivity contribution in [3.05, 3.63) is 40.4 Å². The molecule has 0 radical (unpaired) electrons. The molecule has 2 rings (SSSR count). The molecule has 1 unspecified atom stereocenters. The Hall–Kier alpha value is -1.11. The minimum atomic E-state index is -0.427. The van der Waals surface area contributed by atoms with Crippen molar-refractivity contribution in [3.63, 3.8) is 0 Å². The predicted octanol–water partition coefficient (Wildman–Crippen LogP) is 2.95. The number of benzene rings is 1. The second-order valence-corrected chi connectivity index (χ2v) is 5.76. The fourth-order valence-electron chi connectivity index (χ4n) is 1.58. The Morgan fingerprint density at radius 2 is 2.21 bits per heavy atom. The lowest BCUT2D eigenvalue weighted by Gasteiger charge is -2.11. The Labute approximate surface area is 119 Å². The molecule has 1 aromatic heterocycles. The zero-order valence-electron chi connectivity index (χ0n) is 10.5. The van der Waals surface area contributed by atoms with Crippen LogP contribution in [0.3, 0.4) is 0 Å². The Balaban J connectivity index is 2.18. The Bertz CT molecular complexity index is 590. The van der Waals surface area contributed by atoms with E-state index in [2.05, 4.69) is 10.2 Å². The van der Waals surface area contributed by atoms with Crippen LogP contribution >= 0.6 is 23.4 Å². The standard InChI is InChI=1S/C12H13ClFN3OS/c1-7(8-3-4-10(14)9(13)5-8)19-12-16-15-11(6-18)17(12)2/h3-5,7,18H,6H2,1-2H3. The lowest BCUT2D eigenvalue weighted by atomic mass is 10.2. The van der Waals surface area contributed by atoms with E-state index in [1.807, 2.05) is 6.92 Å². The average Bonchev–Trinajstić information content (AvgIpc) is 2.73. The molecule has 0 amide bonds. The van der Waals surface area contributed by atoms with Crippen molar-refractivity contribution in [1.82, 2.24) is 14.8 Å². The first-order valence-electron chi connectivity index (χ1n) is 5.63. The molecule has 0 spiro atoms. The SMILES string of the molecule is CC(Sc1nnc(CO)n1C)c1ccc(F)c(Cl)c1. The van der Waals surface area contributed by atoms with E-state index in [4.69, 9.17) is 16.7 Å². The third-order valence-corrected chi connectivity index (χ3v) is 4.24. The number of aliphatic hydroxyl groups excluding tert-OH is 1. The highest BCUT2D eigenvalue weighted by Crippen LogP contribution is 2.35. The summed E-state index contributed by atoms with van der Waals surface area (Å²) in [5, 5.41) is 17.8. The molecule has 1 heterocycles. The third kappa shape index (κ3) is 3.08. The molecule has 1 atom stereocenters. The van der Waals surface area contributed by atoms with Crippen LogP contribution in [0.25, 0.3) is 0 Å². The van der Waals surface area contributed by atoms with E-state index < -0.39 is 5.82 Å². The molecule has 4 nitrogen and oxygen atoms in total. The maximum atomic E-state index is 13.1. The first-order valence-corrected chi connectivity index (χ1v) is 6.89. The van der Waals surface area contributed by atoms with Gasteiger partial charge in [-0.25, -0.2) is 4.39 Å². The van der Waals surface area contributed by atoms with Crippen molar-refractivity contribution in [2.24, 2.45) is 7.05 Å². The van der Waals surface area contributed by atoms with Gasteiger partial charge in [0.1, 0.15) is 12.4 Å². The zero-order chi connectivity index (χ0) is 14.0. The van der Waals surface area contributed by atoms with E-state index >= 15 is 0 Å². The summed E-state index contributed by atoms with van der Waals surface area (Å²) in [6.45, 7) is 1.82. The van der Waals surface area contributed by atoms with E-state index in [0.717, 1.165) is 5.56 Å². The molecule has 0 aliphatic carbocycles. The third-order valence-electron chi connectivity index (χ3n) is 2.76. The lowest BCUT2D eigenvalue weighted by molar-refractivity contribution is 0.266. The van der Waals surface area contributed by atoms with Crippen LogP contribution in [-0.4, -0.2) is 19.9 Å². The van der Waals surface area contributed by atoms with Crippen LogP contribution in [-0.2, 0) is 13.7 Å². The van der Waals surface area contributed by atoms with Gasteiger partial charge in [0, 0.05) is 12.3 Å². The average molecular weight is 302 g/mol. The van der Waals surface area contributed by atoms with Crippen molar-refractivity contribution in [3.8, 4) is 0 Å². The minimum Gasteiger partial charge on any atom is -0.388 e. The molecule has 2 aromatic rings. The number of hydrogen-bond donors (Lipinski definition) is 1. The van der Waals surface area contributed by atoms with Crippen molar-refractivity contribution in [1.29, 1.82) is 0 Å². The maximum absolute atomic E-state index is 13.1. The Morgan fingerprint density at radius 3 is 2.79 bits per heavy atom. The van der Waals surface area contributed by atoms with E-state index in [1.165, 1.54) is 17.8 Å². The van der Waals surface area contributed by atoms with Gasteiger partial charge < -0.3 is 9.67 Å². The van der Waals surface area contributed by atoms with Gasteiger partial charge in [-0.05, 0) is 24.6 Å². The first kappa shape index (κ1) is 14.3. The van der Waals surface area contributed by atoms with E-state index in [1.54, 1.807) is 23.7 Å². The number of aliphatic hydroxyl groups is 1. The minimum absolute atomic E-state index is 0.0487. The molecule has 0 fully saturated rings. The van der Waals surface area contributed by atoms with Crippen molar-refractivity contribution in [2.75, 3.05) is 0 Å². The van der Waals surface area contributed by atoms with Crippen LogP contribution in [0, 0.1) is 5.82 Å². The molecule has 19 heavy (non-hydrogen) atoms. The highest BCUT2D eigenvalue weighted by atomic mass is 35.5. The quantitative estimate of drug-likeness (QED) is 0.882. The maximum Gasteiger partial charge on any atom is 0.191 e. The topological polar surface area (TPSA) is 50.9 Å². The molecule has 1 N–H and O–H groups in total. The van der Waals surface area contributed by atoms with E-state index in [-0.39, 0.29) is 16.9 Å². The second-order valence-electron chi connectivity index (χ2n) is 4.05. The van der Waals surface area contributed by atoms with Gasteiger partial charge in [-0.1, -0.05) is 29.4 Å². The second kappa shape index (κ2) is 5.90. The summed E-state index contributed by atoms with van der Waals surface area (Å²) in [5.74, 6) is 0.0793. The van der Waals surface area contributed by atoms with Crippen LogP contribution in [0.15, 0.2) is 23.4 Å². The molecular weight excluding hydrogens is 289 g/mol. The van der Waals surface area contributed by atoms with Gasteiger partial charge in [-0.2, -0.15) is 0 Å². The van der Waals surface area contributed by atoms with E-state index in [0.29, 0.717) is 11.0 Å². The largest absolute Gasteiger partial charge is 0.388 e. The smallest absolute Gasteiger partial charge is 0.191 e. The number of rotatable bonds is 4. The van der Waals surface area contributed by atoms with Crippen LogP contribution in [0.1, 0.15) is 23.6 Å². The summed E-state index contributed by atoms with van der Waals surface area (Å²) in [4.78, 5) is 0. The van der Waals surface area contributed by atoms with Crippen molar-refractivity contribution < 1.29 is 9.50 Å². The predicted molar refractivity (Wildman–Crippen MR) is 72.6 cm³/mol. The summed E-state index contributed by atoms with van der Waals surface area (Å²) in [6.07, 6.45) is 0. The summed E-state index contributed by atoms with van der Waals surface area (Å²) in [6, 6.07) is 4.66. The number of halogens is 2. The molecule has 7 heteroatoms. The number of aromatic nitrogens is 3. The molecule has 0 aliphatic rings. The normalized spacial score (nSPS) is 12.7. The molecule has 0 saturated carbocycles. The highest BCUT2D eigenvalue weighted by molar-refractivity contribution is 7.99. The van der Waals surface area contributed by atoms with Gasteiger partial charge in [0.15, 0.2) is 11.0 Å². The summed E-state index contributed by atoms with van der Waals surface area (Å²) in [7, 11) is 1.79. The van der Waals surface area contributed by atoms with Crippen LogP contribution in [0.4, 0.5) is 4.39 Å². The van der Waals surface area contributed by atoms with Crippen LogP contribution < -0.4 is 0 Å². The number of nitrogens with zero attached hydrogens (tertiary/aromatic N) is 3. The van der Waals surface area contributed by atoms with Gasteiger partial charge >= 0.3 is 0 Å². The summed E-state index contributed by atoms with van der Waals surface area (Å²) >= 11 is 7.24. The fourth-order valence-corrected chi connectivity index (χ4v) is 2.72. The van der Waals surface area contributed by atoms with Gasteiger partial charge in [0.25, 0.3) is 0 Å². The monoisotopic (exact) mass is 301 g/mol. The summed E-state index contributed by atoms with van der Waals surface area (Å²) in [5.41, 5.74) is 0.907. The molecule has 0 aliphatic heterocycles. The molecule has 102 valence electrons. The summed E-state index contributed by atoms with van der Waals surface area (Å²) < 4.78 is 14.8. The van der Waals surface area contributed by atoms with Crippen LogP contribution in [0.5, 0.6) is 0 Å². The van der Waals surface area contributed by atoms with Gasteiger partial charge in [0.2, 0.25) is 0 Å². The van der Waals surface area contributed by atoms with E-state index in [9.17, 15) is 4.39 Å². The van der Waals surface area contributed by atoms with Gasteiger partial charge in [0.05, 0.1) is 5.02 Å². The Kier molecular flexibility index (Phi) is 4.44. The van der Waals surface area contributed by atoms with Gasteiger partial charge in [-0.3, -0.25) is 0 Å². The Morgan fingerprint density at radius 1 is 1.47 bits per heavy atom. The fraction of sp³-hybridized carbons (Fsp3) is 0.333. The van der Waals surface area contributed by atoms with Crippen molar-refractivity contribution in [2.45, 2.75) is 23.9 Å². The van der Waals surface area contributed by atoms with Gasteiger partial charge in [-0.15, -0.1) is 10.2 Å². The van der Waals surface area contributed by atoms with Crippen LogP contribution in [0.2, 0.25) is 5.02 Å². The molecule has 0 bridgehead atoms. The molecule has 1 aromatic carbocycles. The number of thioether (sulfide) groups is 1.